The minimum atomic E-state index is -0.334. The number of hydrogen-bond donors (Lipinski definition) is 0. The van der Waals surface area contributed by atoms with Crippen molar-refractivity contribution in [3.05, 3.63) is 83.9 Å². The van der Waals surface area contributed by atoms with E-state index in [2.05, 4.69) is 24.0 Å². The van der Waals surface area contributed by atoms with Gasteiger partial charge in [0.1, 0.15) is 12.2 Å². The molecule has 3 heteroatoms. The first-order chi connectivity index (χ1) is 13.4. The molecule has 0 unspecified atom stereocenters. The van der Waals surface area contributed by atoms with Crippen LogP contribution in [0.15, 0.2) is 72.8 Å². The van der Waals surface area contributed by atoms with Crippen molar-refractivity contribution in [1.82, 2.24) is 0 Å². The van der Waals surface area contributed by atoms with E-state index in [1.807, 2.05) is 60.7 Å². The summed E-state index contributed by atoms with van der Waals surface area (Å²) < 4.78 is 18.5. The van der Waals surface area contributed by atoms with E-state index >= 15 is 0 Å². The van der Waals surface area contributed by atoms with E-state index in [-0.39, 0.29) is 24.6 Å². The molecule has 4 atom stereocenters. The lowest BCUT2D eigenvalue weighted by Gasteiger charge is -2.37. The predicted octanol–water partition coefficient (Wildman–Crippen LogP) is 4.65. The Balaban J connectivity index is 1.46. The standard InChI is InChI=1S/C24H24O3/c1-4-10-19(11-5-1)16-17-21-14-8-3-9-15-22-23(26-21)18-25-24(27-22)20-12-6-2-7-13-20/h1-7,9-13,21-24H,8,14-15,18H2/b9-3-/t21-,22-,23+,24+/m0/s1. The van der Waals surface area contributed by atoms with E-state index in [0.717, 1.165) is 30.4 Å². The molecule has 0 N–H and O–H groups in total. The van der Waals surface area contributed by atoms with Crippen molar-refractivity contribution >= 4 is 0 Å². The molecule has 0 amide bonds. The lowest BCUT2D eigenvalue weighted by molar-refractivity contribution is -0.268. The Morgan fingerprint density at radius 3 is 2.41 bits per heavy atom. The third-order valence-corrected chi connectivity index (χ3v) is 4.82. The molecule has 0 aliphatic carbocycles. The average molecular weight is 360 g/mol. The fraction of sp³-hybridized carbons (Fsp3) is 0.333. The van der Waals surface area contributed by atoms with Crippen LogP contribution >= 0.6 is 0 Å². The van der Waals surface area contributed by atoms with Gasteiger partial charge in [-0.05, 0) is 31.4 Å². The normalized spacial score (nSPS) is 29.2. The van der Waals surface area contributed by atoms with Gasteiger partial charge >= 0.3 is 0 Å². The first-order valence-electron chi connectivity index (χ1n) is 9.57. The van der Waals surface area contributed by atoms with Gasteiger partial charge in [0, 0.05) is 11.1 Å². The zero-order chi connectivity index (χ0) is 18.3. The summed E-state index contributed by atoms with van der Waals surface area (Å²) >= 11 is 0. The van der Waals surface area contributed by atoms with Crippen LogP contribution in [0, 0.1) is 11.8 Å². The lowest BCUT2D eigenvalue weighted by atomic mass is 10.1. The Morgan fingerprint density at radius 2 is 1.59 bits per heavy atom. The number of hydrogen-bond acceptors (Lipinski definition) is 3. The minimum absolute atomic E-state index is 0.0284. The molecule has 0 saturated carbocycles. The van der Waals surface area contributed by atoms with Crippen LogP contribution in [-0.2, 0) is 14.2 Å². The number of rotatable bonds is 1. The predicted molar refractivity (Wildman–Crippen MR) is 105 cm³/mol. The quantitative estimate of drug-likeness (QED) is 0.547. The maximum absolute atomic E-state index is 6.32. The molecule has 1 fully saturated rings. The summed E-state index contributed by atoms with van der Waals surface area (Å²) in [6, 6.07) is 20.1. The van der Waals surface area contributed by atoms with E-state index < -0.39 is 0 Å². The first-order valence-corrected chi connectivity index (χ1v) is 9.57. The van der Waals surface area contributed by atoms with Crippen molar-refractivity contribution in [2.75, 3.05) is 6.61 Å². The van der Waals surface area contributed by atoms with Crippen molar-refractivity contribution in [3.63, 3.8) is 0 Å². The molecule has 1 saturated heterocycles. The van der Waals surface area contributed by atoms with Gasteiger partial charge in [-0.15, -0.1) is 0 Å². The van der Waals surface area contributed by atoms with Gasteiger partial charge in [0.25, 0.3) is 0 Å². The lowest BCUT2D eigenvalue weighted by Crippen LogP contribution is -2.43. The summed E-state index contributed by atoms with van der Waals surface area (Å²) in [5, 5.41) is 0. The summed E-state index contributed by atoms with van der Waals surface area (Å²) in [6.07, 6.45) is 6.47. The summed E-state index contributed by atoms with van der Waals surface area (Å²) in [5.41, 5.74) is 2.05. The van der Waals surface area contributed by atoms with Gasteiger partial charge in [-0.2, -0.15) is 0 Å². The third kappa shape index (κ3) is 4.87. The average Bonchev–Trinajstić information content (AvgIpc) is 2.83. The second-order valence-corrected chi connectivity index (χ2v) is 6.83. The number of fused-ring (bicyclic) bond motifs is 1. The fourth-order valence-corrected chi connectivity index (χ4v) is 3.36. The van der Waals surface area contributed by atoms with Crippen molar-refractivity contribution in [2.45, 2.75) is 43.9 Å². The van der Waals surface area contributed by atoms with E-state index in [9.17, 15) is 0 Å². The van der Waals surface area contributed by atoms with E-state index in [1.54, 1.807) is 0 Å². The molecule has 0 bridgehead atoms. The molecule has 3 nitrogen and oxygen atoms in total. The molecule has 0 aromatic heterocycles. The zero-order valence-corrected chi connectivity index (χ0v) is 15.3. The van der Waals surface area contributed by atoms with Gasteiger partial charge < -0.3 is 14.2 Å². The van der Waals surface area contributed by atoms with Crippen LogP contribution in [0.3, 0.4) is 0 Å². The molecule has 2 aromatic carbocycles. The van der Waals surface area contributed by atoms with Crippen LogP contribution in [0.25, 0.3) is 0 Å². The Hall–Kier alpha value is -2.38. The topological polar surface area (TPSA) is 27.7 Å². The van der Waals surface area contributed by atoms with Crippen LogP contribution in [0.5, 0.6) is 0 Å². The molecular formula is C24H24O3. The SMILES string of the molecule is C(#C[C@@H]1CC/C=C\C[C@@H]2O[C@H](c3ccccc3)OC[C@H]2O1)c1ccccc1. The largest absolute Gasteiger partial charge is 0.357 e. The summed E-state index contributed by atoms with van der Waals surface area (Å²) in [7, 11) is 0. The highest BCUT2D eigenvalue weighted by atomic mass is 16.7. The minimum Gasteiger partial charge on any atom is -0.357 e. The van der Waals surface area contributed by atoms with Gasteiger partial charge in [-0.1, -0.05) is 72.5 Å². The van der Waals surface area contributed by atoms with Gasteiger partial charge in [0.05, 0.1) is 12.7 Å². The van der Waals surface area contributed by atoms with Gasteiger partial charge in [-0.25, -0.2) is 0 Å². The van der Waals surface area contributed by atoms with E-state index in [1.165, 1.54) is 0 Å². The van der Waals surface area contributed by atoms with Crippen LogP contribution in [0.1, 0.15) is 36.7 Å². The number of allylic oxidation sites excluding steroid dienone is 1. The molecule has 2 heterocycles. The van der Waals surface area contributed by atoms with Gasteiger partial charge in [0.15, 0.2) is 6.29 Å². The van der Waals surface area contributed by atoms with Crippen LogP contribution in [0.2, 0.25) is 0 Å². The number of benzene rings is 2. The Bertz CT molecular complexity index is 804. The van der Waals surface area contributed by atoms with Crippen molar-refractivity contribution in [2.24, 2.45) is 0 Å². The fourth-order valence-electron chi connectivity index (χ4n) is 3.36. The first kappa shape index (κ1) is 18.0. The molecule has 2 aliphatic rings. The monoisotopic (exact) mass is 360 g/mol. The van der Waals surface area contributed by atoms with E-state index in [4.69, 9.17) is 14.2 Å². The highest BCUT2D eigenvalue weighted by Gasteiger charge is 2.34. The molecule has 2 aliphatic heterocycles. The number of ether oxygens (including phenoxy) is 3. The molecule has 0 radical (unpaired) electrons. The molecular weight excluding hydrogens is 336 g/mol. The molecule has 0 spiro atoms. The van der Waals surface area contributed by atoms with Crippen molar-refractivity contribution in [3.8, 4) is 11.8 Å². The summed E-state index contributed by atoms with van der Waals surface area (Å²) in [4.78, 5) is 0. The van der Waals surface area contributed by atoms with Crippen molar-refractivity contribution < 1.29 is 14.2 Å². The smallest absolute Gasteiger partial charge is 0.184 e. The van der Waals surface area contributed by atoms with Crippen LogP contribution < -0.4 is 0 Å². The maximum atomic E-state index is 6.32. The molecule has 4 rings (SSSR count). The molecule has 138 valence electrons. The van der Waals surface area contributed by atoms with E-state index in [0.29, 0.717) is 6.61 Å². The summed E-state index contributed by atoms with van der Waals surface area (Å²) in [5.74, 6) is 6.52. The highest BCUT2D eigenvalue weighted by molar-refractivity contribution is 5.34. The van der Waals surface area contributed by atoms with Crippen LogP contribution in [0.4, 0.5) is 0 Å². The highest BCUT2D eigenvalue weighted by Crippen LogP contribution is 2.30. The third-order valence-electron chi connectivity index (χ3n) is 4.82. The maximum Gasteiger partial charge on any atom is 0.184 e. The van der Waals surface area contributed by atoms with Crippen LogP contribution in [-0.4, -0.2) is 24.9 Å². The van der Waals surface area contributed by atoms with Gasteiger partial charge in [0.2, 0.25) is 0 Å². The second kappa shape index (κ2) is 9.01. The summed E-state index contributed by atoms with van der Waals surface area (Å²) in [6.45, 7) is 0.515. The molecule has 27 heavy (non-hydrogen) atoms. The Kier molecular flexibility index (Phi) is 6.01. The Labute approximate surface area is 161 Å². The molecule has 2 aromatic rings. The second-order valence-electron chi connectivity index (χ2n) is 6.83. The Morgan fingerprint density at radius 1 is 0.815 bits per heavy atom. The van der Waals surface area contributed by atoms with Crippen molar-refractivity contribution in [1.29, 1.82) is 0 Å². The van der Waals surface area contributed by atoms with Gasteiger partial charge in [-0.3, -0.25) is 0 Å². The zero-order valence-electron chi connectivity index (χ0n) is 15.3.